The first-order valence-electron chi connectivity index (χ1n) is 7.49. The van der Waals surface area contributed by atoms with Gasteiger partial charge in [0.05, 0.1) is 6.54 Å². The van der Waals surface area contributed by atoms with Crippen LogP contribution < -0.4 is 5.32 Å². The minimum Gasteiger partial charge on any atom is -0.342 e. The van der Waals surface area contributed by atoms with E-state index in [1.54, 1.807) is 6.07 Å². The van der Waals surface area contributed by atoms with Crippen molar-refractivity contribution in [2.45, 2.75) is 37.6 Å². The number of nitrogens with one attached hydrogen (secondary N) is 1. The van der Waals surface area contributed by atoms with Crippen LogP contribution in [0.15, 0.2) is 24.3 Å². The maximum atomic E-state index is 13.6. The van der Waals surface area contributed by atoms with Gasteiger partial charge in [-0.25, -0.2) is 4.39 Å². The fourth-order valence-corrected chi connectivity index (χ4v) is 3.15. The van der Waals surface area contributed by atoms with E-state index in [1.807, 2.05) is 17.0 Å². The van der Waals surface area contributed by atoms with Crippen molar-refractivity contribution in [3.8, 4) is 0 Å². The zero-order valence-electron chi connectivity index (χ0n) is 11.6. The van der Waals surface area contributed by atoms with E-state index >= 15 is 0 Å². The smallest absolute Gasteiger partial charge is 0.236 e. The van der Waals surface area contributed by atoms with Gasteiger partial charge < -0.3 is 10.2 Å². The standard InChI is InChI=1S/C16H21FN2O/c17-15-6-2-1-5-14(15)12-9-13(10-12)18-11-16(20)19-7-3-4-8-19/h1-2,5-6,12-13,18H,3-4,7-11H2. The normalized spacial score (nSPS) is 25.6. The summed E-state index contributed by atoms with van der Waals surface area (Å²) in [5, 5.41) is 3.30. The van der Waals surface area contributed by atoms with Crippen molar-refractivity contribution < 1.29 is 9.18 Å². The lowest BCUT2D eigenvalue weighted by Crippen LogP contribution is -2.45. The Morgan fingerprint density at radius 1 is 1.25 bits per heavy atom. The maximum absolute atomic E-state index is 13.6. The Hall–Kier alpha value is -1.42. The summed E-state index contributed by atoms with van der Waals surface area (Å²) in [6, 6.07) is 7.35. The number of rotatable bonds is 4. The summed E-state index contributed by atoms with van der Waals surface area (Å²) >= 11 is 0. The average Bonchev–Trinajstić information content (AvgIpc) is 2.92. The molecule has 0 unspecified atom stereocenters. The van der Waals surface area contributed by atoms with Crippen molar-refractivity contribution >= 4 is 5.91 Å². The Morgan fingerprint density at radius 3 is 2.65 bits per heavy atom. The third-order valence-corrected chi connectivity index (χ3v) is 4.48. The van der Waals surface area contributed by atoms with Gasteiger partial charge >= 0.3 is 0 Å². The number of carbonyl (C=O) groups is 1. The van der Waals surface area contributed by atoms with E-state index in [0.29, 0.717) is 18.5 Å². The number of benzene rings is 1. The largest absolute Gasteiger partial charge is 0.342 e. The van der Waals surface area contributed by atoms with Crippen molar-refractivity contribution in [1.82, 2.24) is 10.2 Å². The molecule has 1 aromatic carbocycles. The zero-order valence-corrected chi connectivity index (χ0v) is 11.6. The summed E-state index contributed by atoms with van der Waals surface area (Å²) in [4.78, 5) is 13.8. The first kappa shape index (κ1) is 13.6. The number of carbonyl (C=O) groups excluding carboxylic acids is 1. The molecule has 2 aliphatic rings. The molecule has 20 heavy (non-hydrogen) atoms. The van der Waals surface area contributed by atoms with Crippen LogP contribution >= 0.6 is 0 Å². The van der Waals surface area contributed by atoms with Gasteiger partial charge in [0.1, 0.15) is 5.82 Å². The fourth-order valence-electron chi connectivity index (χ4n) is 3.15. The molecule has 1 amide bonds. The Labute approximate surface area is 119 Å². The molecule has 1 heterocycles. The highest BCUT2D eigenvalue weighted by molar-refractivity contribution is 5.78. The summed E-state index contributed by atoms with van der Waals surface area (Å²) in [5.41, 5.74) is 0.816. The van der Waals surface area contributed by atoms with Gasteiger partial charge in [-0.3, -0.25) is 4.79 Å². The lowest BCUT2D eigenvalue weighted by Gasteiger charge is -2.36. The lowest BCUT2D eigenvalue weighted by molar-refractivity contribution is -0.129. The second kappa shape index (κ2) is 5.92. The van der Waals surface area contributed by atoms with Gasteiger partial charge in [-0.15, -0.1) is 0 Å². The van der Waals surface area contributed by atoms with Crippen molar-refractivity contribution in [1.29, 1.82) is 0 Å². The Kier molecular flexibility index (Phi) is 4.01. The molecule has 3 rings (SSSR count). The zero-order chi connectivity index (χ0) is 13.9. The molecule has 4 heteroatoms. The molecule has 1 N–H and O–H groups in total. The number of amides is 1. The number of likely N-dealkylation sites (tertiary alicyclic amines) is 1. The number of hydrogen-bond donors (Lipinski definition) is 1. The minimum absolute atomic E-state index is 0.107. The van der Waals surface area contributed by atoms with Gasteiger partial charge in [-0.05, 0) is 43.2 Å². The second-order valence-electron chi connectivity index (χ2n) is 5.86. The molecule has 1 saturated heterocycles. The number of hydrogen-bond acceptors (Lipinski definition) is 2. The molecule has 2 fully saturated rings. The van der Waals surface area contributed by atoms with Crippen LogP contribution in [0.4, 0.5) is 4.39 Å². The van der Waals surface area contributed by atoms with Gasteiger partial charge in [-0.1, -0.05) is 18.2 Å². The molecule has 0 radical (unpaired) electrons. The third kappa shape index (κ3) is 2.85. The van der Waals surface area contributed by atoms with E-state index in [4.69, 9.17) is 0 Å². The highest BCUT2D eigenvalue weighted by atomic mass is 19.1. The molecule has 0 spiro atoms. The van der Waals surface area contributed by atoms with E-state index in [9.17, 15) is 9.18 Å². The van der Waals surface area contributed by atoms with Crippen LogP contribution in [-0.2, 0) is 4.79 Å². The fraction of sp³-hybridized carbons (Fsp3) is 0.562. The third-order valence-electron chi connectivity index (χ3n) is 4.48. The maximum Gasteiger partial charge on any atom is 0.236 e. The molecule has 3 nitrogen and oxygen atoms in total. The molecule has 108 valence electrons. The molecular weight excluding hydrogens is 255 g/mol. The SMILES string of the molecule is O=C(CNC1CC(c2ccccc2F)C1)N1CCCC1. The molecule has 1 aliphatic heterocycles. The molecule has 1 aliphatic carbocycles. The molecule has 0 bridgehead atoms. The predicted molar refractivity (Wildman–Crippen MR) is 76.0 cm³/mol. The highest BCUT2D eigenvalue weighted by Crippen LogP contribution is 2.37. The van der Waals surface area contributed by atoms with Crippen LogP contribution in [0.1, 0.15) is 37.2 Å². The van der Waals surface area contributed by atoms with Crippen LogP contribution in [0.2, 0.25) is 0 Å². The van der Waals surface area contributed by atoms with E-state index in [2.05, 4.69) is 5.32 Å². The van der Waals surface area contributed by atoms with Crippen molar-refractivity contribution in [3.63, 3.8) is 0 Å². The Balaban J connectivity index is 1.42. The van der Waals surface area contributed by atoms with Crippen LogP contribution in [0, 0.1) is 5.82 Å². The van der Waals surface area contributed by atoms with Crippen LogP contribution in [-0.4, -0.2) is 36.5 Å². The van der Waals surface area contributed by atoms with Crippen LogP contribution in [0.5, 0.6) is 0 Å². The Bertz CT molecular complexity index is 479. The van der Waals surface area contributed by atoms with Crippen molar-refractivity contribution in [3.05, 3.63) is 35.6 Å². The molecule has 0 aromatic heterocycles. The Morgan fingerprint density at radius 2 is 1.95 bits per heavy atom. The van der Waals surface area contributed by atoms with Crippen LogP contribution in [0.3, 0.4) is 0 Å². The van der Waals surface area contributed by atoms with E-state index in [1.165, 1.54) is 6.07 Å². The molecule has 0 atom stereocenters. The van der Waals surface area contributed by atoms with Gasteiger partial charge in [0, 0.05) is 19.1 Å². The summed E-state index contributed by atoms with van der Waals surface area (Å²) in [5.74, 6) is 0.400. The van der Waals surface area contributed by atoms with Crippen molar-refractivity contribution in [2.24, 2.45) is 0 Å². The first-order valence-corrected chi connectivity index (χ1v) is 7.49. The summed E-state index contributed by atoms with van der Waals surface area (Å²) in [6.45, 7) is 2.24. The molecular formula is C16H21FN2O. The summed E-state index contributed by atoms with van der Waals surface area (Å²) in [7, 11) is 0. The summed E-state index contributed by atoms with van der Waals surface area (Å²) in [6.07, 6.45) is 4.11. The molecule has 1 saturated carbocycles. The monoisotopic (exact) mass is 276 g/mol. The van der Waals surface area contributed by atoms with Gasteiger partial charge in [0.2, 0.25) is 5.91 Å². The average molecular weight is 276 g/mol. The number of halogens is 1. The van der Waals surface area contributed by atoms with Crippen LogP contribution in [0.25, 0.3) is 0 Å². The second-order valence-corrected chi connectivity index (χ2v) is 5.86. The van der Waals surface area contributed by atoms with E-state index < -0.39 is 0 Å². The summed E-state index contributed by atoms with van der Waals surface area (Å²) < 4.78 is 13.6. The molecule has 1 aromatic rings. The lowest BCUT2D eigenvalue weighted by atomic mass is 9.75. The van der Waals surface area contributed by atoms with E-state index in [0.717, 1.165) is 44.3 Å². The number of nitrogens with zero attached hydrogens (tertiary/aromatic N) is 1. The van der Waals surface area contributed by atoms with Crippen molar-refractivity contribution in [2.75, 3.05) is 19.6 Å². The van der Waals surface area contributed by atoms with E-state index in [-0.39, 0.29) is 11.7 Å². The van der Waals surface area contributed by atoms with Gasteiger partial charge in [-0.2, -0.15) is 0 Å². The topological polar surface area (TPSA) is 32.3 Å². The quantitative estimate of drug-likeness (QED) is 0.915. The highest BCUT2D eigenvalue weighted by Gasteiger charge is 2.32. The predicted octanol–water partition coefficient (Wildman–Crippen LogP) is 2.28. The van der Waals surface area contributed by atoms with Gasteiger partial charge in [0.15, 0.2) is 0 Å². The first-order chi connectivity index (χ1) is 9.74. The minimum atomic E-state index is -0.107. The van der Waals surface area contributed by atoms with Gasteiger partial charge in [0.25, 0.3) is 0 Å².